The third-order valence-corrected chi connectivity index (χ3v) is 5.18. The first kappa shape index (κ1) is 17.7. The molecule has 1 aliphatic rings. The summed E-state index contributed by atoms with van der Waals surface area (Å²) in [5, 5.41) is 6.93. The van der Waals surface area contributed by atoms with E-state index in [1.54, 1.807) is 0 Å². The predicted octanol–water partition coefficient (Wildman–Crippen LogP) is 2.55. The number of benzene rings is 1. The SMILES string of the molecule is CCC1CN(C(=NC)NCc2cccc(NC(C)=O)c2)CCS1. The summed E-state index contributed by atoms with van der Waals surface area (Å²) in [6, 6.07) is 7.89. The number of carbonyl (C=O) groups excluding carboxylic acids is 1. The molecule has 1 heterocycles. The highest BCUT2D eigenvalue weighted by Gasteiger charge is 2.21. The lowest BCUT2D eigenvalue weighted by Crippen LogP contribution is -2.47. The molecule has 6 heteroatoms. The molecule has 0 bridgehead atoms. The molecule has 1 aliphatic heterocycles. The summed E-state index contributed by atoms with van der Waals surface area (Å²) in [4.78, 5) is 17.9. The fourth-order valence-corrected chi connectivity index (χ4v) is 3.81. The van der Waals surface area contributed by atoms with Gasteiger partial charge in [-0.05, 0) is 24.1 Å². The van der Waals surface area contributed by atoms with Crippen molar-refractivity contribution < 1.29 is 4.79 Å². The summed E-state index contributed by atoms with van der Waals surface area (Å²) >= 11 is 2.05. The molecule has 0 radical (unpaired) electrons. The minimum Gasteiger partial charge on any atom is -0.352 e. The number of aliphatic imine (C=N–C) groups is 1. The number of amides is 1. The van der Waals surface area contributed by atoms with Crippen LogP contribution >= 0.6 is 11.8 Å². The van der Waals surface area contributed by atoms with Crippen molar-refractivity contribution in [3.05, 3.63) is 29.8 Å². The molecule has 1 fully saturated rings. The van der Waals surface area contributed by atoms with E-state index in [1.807, 2.05) is 31.3 Å². The van der Waals surface area contributed by atoms with E-state index in [4.69, 9.17) is 0 Å². The molecule has 1 amide bonds. The summed E-state index contributed by atoms with van der Waals surface area (Å²) < 4.78 is 0. The van der Waals surface area contributed by atoms with Gasteiger partial charge in [0.1, 0.15) is 0 Å². The Bertz CT molecular complexity index is 561. The largest absolute Gasteiger partial charge is 0.352 e. The Hall–Kier alpha value is -1.69. The van der Waals surface area contributed by atoms with E-state index >= 15 is 0 Å². The van der Waals surface area contributed by atoms with Gasteiger partial charge in [0, 0.05) is 50.3 Å². The molecule has 2 rings (SSSR count). The average molecular weight is 334 g/mol. The van der Waals surface area contributed by atoms with Crippen LogP contribution < -0.4 is 10.6 Å². The first-order chi connectivity index (χ1) is 11.1. The van der Waals surface area contributed by atoms with E-state index in [0.717, 1.165) is 36.1 Å². The van der Waals surface area contributed by atoms with Crippen LogP contribution in [0.2, 0.25) is 0 Å². The Kier molecular flexibility index (Phi) is 6.77. The number of thioether (sulfide) groups is 1. The maximum absolute atomic E-state index is 11.1. The van der Waals surface area contributed by atoms with Crippen LogP contribution in [0, 0.1) is 0 Å². The molecule has 1 atom stereocenters. The van der Waals surface area contributed by atoms with E-state index in [-0.39, 0.29) is 5.91 Å². The van der Waals surface area contributed by atoms with Gasteiger partial charge in [-0.2, -0.15) is 11.8 Å². The molecule has 126 valence electrons. The second-order valence-electron chi connectivity index (χ2n) is 5.63. The van der Waals surface area contributed by atoms with Gasteiger partial charge in [-0.3, -0.25) is 9.79 Å². The number of hydrogen-bond acceptors (Lipinski definition) is 3. The van der Waals surface area contributed by atoms with Crippen molar-refractivity contribution in [2.45, 2.75) is 32.1 Å². The zero-order valence-corrected chi connectivity index (χ0v) is 14.9. The Balaban J connectivity index is 1.94. The molecule has 1 unspecified atom stereocenters. The zero-order chi connectivity index (χ0) is 16.7. The van der Waals surface area contributed by atoms with Crippen LogP contribution in [-0.4, -0.2) is 47.9 Å². The fraction of sp³-hybridized carbons (Fsp3) is 0.529. The van der Waals surface area contributed by atoms with Crippen molar-refractivity contribution in [3.63, 3.8) is 0 Å². The lowest BCUT2D eigenvalue weighted by Gasteiger charge is -2.34. The minimum atomic E-state index is -0.0534. The molecule has 1 aromatic rings. The van der Waals surface area contributed by atoms with Crippen LogP contribution in [0.3, 0.4) is 0 Å². The Labute approximate surface area is 142 Å². The smallest absolute Gasteiger partial charge is 0.221 e. The summed E-state index contributed by atoms with van der Waals surface area (Å²) in [5.41, 5.74) is 1.95. The topological polar surface area (TPSA) is 56.7 Å². The fourth-order valence-electron chi connectivity index (χ4n) is 2.63. The van der Waals surface area contributed by atoms with Crippen LogP contribution in [-0.2, 0) is 11.3 Å². The standard InChI is InChI=1S/C17H26N4OS/c1-4-16-12-21(8-9-23-16)17(18-3)19-11-14-6-5-7-15(10-14)20-13(2)22/h5-7,10,16H,4,8-9,11-12H2,1-3H3,(H,18,19)(H,20,22). The van der Waals surface area contributed by atoms with E-state index in [0.29, 0.717) is 11.8 Å². The van der Waals surface area contributed by atoms with Crippen LogP contribution in [0.15, 0.2) is 29.3 Å². The molecule has 1 saturated heterocycles. The Morgan fingerprint density at radius 2 is 2.30 bits per heavy atom. The van der Waals surface area contributed by atoms with Crippen molar-refractivity contribution >= 4 is 29.3 Å². The minimum absolute atomic E-state index is 0.0534. The molecule has 23 heavy (non-hydrogen) atoms. The van der Waals surface area contributed by atoms with Gasteiger partial charge in [0.15, 0.2) is 5.96 Å². The zero-order valence-electron chi connectivity index (χ0n) is 14.1. The second kappa shape index (κ2) is 8.82. The van der Waals surface area contributed by atoms with Gasteiger partial charge in [-0.15, -0.1) is 0 Å². The molecule has 1 aromatic carbocycles. The highest BCUT2D eigenvalue weighted by Crippen LogP contribution is 2.21. The maximum Gasteiger partial charge on any atom is 0.221 e. The number of carbonyl (C=O) groups is 1. The number of nitrogens with zero attached hydrogens (tertiary/aromatic N) is 2. The van der Waals surface area contributed by atoms with Gasteiger partial charge in [-0.25, -0.2) is 0 Å². The molecular formula is C17H26N4OS. The third-order valence-electron chi connectivity index (χ3n) is 3.80. The van der Waals surface area contributed by atoms with Crippen LogP contribution in [0.4, 0.5) is 5.69 Å². The van der Waals surface area contributed by atoms with Crippen molar-refractivity contribution in [3.8, 4) is 0 Å². The molecule has 0 aliphatic carbocycles. The van der Waals surface area contributed by atoms with Crippen molar-refractivity contribution in [1.82, 2.24) is 10.2 Å². The lowest BCUT2D eigenvalue weighted by atomic mass is 10.2. The lowest BCUT2D eigenvalue weighted by molar-refractivity contribution is -0.114. The summed E-state index contributed by atoms with van der Waals surface area (Å²) in [7, 11) is 1.83. The number of nitrogens with one attached hydrogen (secondary N) is 2. The second-order valence-corrected chi connectivity index (χ2v) is 7.04. The maximum atomic E-state index is 11.1. The number of rotatable bonds is 4. The van der Waals surface area contributed by atoms with Crippen molar-refractivity contribution in [1.29, 1.82) is 0 Å². The van der Waals surface area contributed by atoms with Crippen LogP contribution in [0.25, 0.3) is 0 Å². The summed E-state index contributed by atoms with van der Waals surface area (Å²) in [5.74, 6) is 2.05. The number of anilines is 1. The quantitative estimate of drug-likeness (QED) is 0.656. The highest BCUT2D eigenvalue weighted by molar-refractivity contribution is 8.00. The number of guanidine groups is 1. The first-order valence-electron chi connectivity index (χ1n) is 8.06. The molecule has 0 spiro atoms. The van der Waals surface area contributed by atoms with Gasteiger partial charge in [0.2, 0.25) is 5.91 Å². The summed E-state index contributed by atoms with van der Waals surface area (Å²) in [6.07, 6.45) is 1.19. The molecule has 5 nitrogen and oxygen atoms in total. The van der Waals surface area contributed by atoms with E-state index in [9.17, 15) is 4.79 Å². The van der Waals surface area contributed by atoms with Crippen molar-refractivity contribution in [2.24, 2.45) is 4.99 Å². The molecular weight excluding hydrogens is 308 g/mol. The number of hydrogen-bond donors (Lipinski definition) is 2. The van der Waals surface area contributed by atoms with Gasteiger partial charge in [-0.1, -0.05) is 19.1 Å². The predicted molar refractivity (Wildman–Crippen MR) is 99.1 cm³/mol. The highest BCUT2D eigenvalue weighted by atomic mass is 32.2. The summed E-state index contributed by atoms with van der Waals surface area (Å²) in [6.45, 7) is 6.54. The van der Waals surface area contributed by atoms with E-state index < -0.39 is 0 Å². The molecule has 2 N–H and O–H groups in total. The molecule has 0 aromatic heterocycles. The van der Waals surface area contributed by atoms with Gasteiger partial charge < -0.3 is 15.5 Å². The normalized spacial score (nSPS) is 18.7. The van der Waals surface area contributed by atoms with Gasteiger partial charge in [0.05, 0.1) is 0 Å². The molecule has 0 saturated carbocycles. The van der Waals surface area contributed by atoms with Crippen LogP contribution in [0.1, 0.15) is 25.8 Å². The van der Waals surface area contributed by atoms with Gasteiger partial charge >= 0.3 is 0 Å². The van der Waals surface area contributed by atoms with E-state index in [1.165, 1.54) is 13.3 Å². The first-order valence-corrected chi connectivity index (χ1v) is 9.11. The Morgan fingerprint density at radius 3 is 3.00 bits per heavy atom. The Morgan fingerprint density at radius 1 is 1.48 bits per heavy atom. The van der Waals surface area contributed by atoms with Crippen molar-refractivity contribution in [2.75, 3.05) is 31.2 Å². The van der Waals surface area contributed by atoms with Crippen LogP contribution in [0.5, 0.6) is 0 Å². The van der Waals surface area contributed by atoms with Gasteiger partial charge in [0.25, 0.3) is 0 Å². The third kappa shape index (κ3) is 5.46. The van der Waals surface area contributed by atoms with E-state index in [2.05, 4.69) is 39.2 Å². The monoisotopic (exact) mass is 334 g/mol. The average Bonchev–Trinajstić information content (AvgIpc) is 2.55.